The third-order valence-electron chi connectivity index (χ3n) is 4.05. The summed E-state index contributed by atoms with van der Waals surface area (Å²) in [6.45, 7) is 1.95. The van der Waals surface area contributed by atoms with Gasteiger partial charge in [-0.2, -0.15) is 26.3 Å². The van der Waals surface area contributed by atoms with Crippen molar-refractivity contribution in [1.29, 1.82) is 0 Å². The second kappa shape index (κ2) is 7.17. The summed E-state index contributed by atoms with van der Waals surface area (Å²) in [5, 5.41) is 0.0181. The highest BCUT2D eigenvalue weighted by Gasteiger charge is 2.70. The molecular weight excluding hydrogens is 458 g/mol. The first-order chi connectivity index (χ1) is 13.1. The first-order valence-electron chi connectivity index (χ1n) is 7.74. The molecule has 0 atom stereocenters. The molecule has 1 aromatic rings. The molecule has 0 spiro atoms. The zero-order valence-corrected chi connectivity index (χ0v) is 16.3. The van der Waals surface area contributed by atoms with Crippen LogP contribution in [0.3, 0.4) is 0 Å². The number of benzene rings is 1. The van der Waals surface area contributed by atoms with Gasteiger partial charge in [-0.1, -0.05) is 29.7 Å². The van der Waals surface area contributed by atoms with Crippen molar-refractivity contribution < 1.29 is 52.9 Å². The van der Waals surface area contributed by atoms with E-state index in [4.69, 9.17) is 9.68 Å². The topological polar surface area (TPSA) is 93.2 Å². The van der Waals surface area contributed by atoms with E-state index in [1.165, 1.54) is 24.3 Å². The van der Waals surface area contributed by atoms with Crippen molar-refractivity contribution in [1.82, 2.24) is 8.94 Å². The van der Waals surface area contributed by atoms with Gasteiger partial charge in [0.15, 0.2) is 17.2 Å². The highest BCUT2D eigenvalue weighted by Crippen LogP contribution is 2.47. The minimum atomic E-state index is -7.06. The molecule has 0 bridgehead atoms. The molecule has 16 heteroatoms. The Morgan fingerprint density at radius 1 is 0.828 bits per heavy atom. The maximum atomic E-state index is 13.2. The molecule has 0 aromatic heterocycles. The highest BCUT2D eigenvalue weighted by molar-refractivity contribution is 8.04. The summed E-state index contributed by atoms with van der Waals surface area (Å²) in [4.78, 5) is 10.1. The Morgan fingerprint density at radius 2 is 1.17 bits per heavy atom. The minimum absolute atomic E-state index is 0.0181. The number of nitrogens with zero attached hydrogens (tertiary/aromatic N) is 2. The molecule has 8 nitrogen and oxygen atoms in total. The fraction of sp³-hybridized carbons (Fsp3) is 0.538. The van der Waals surface area contributed by atoms with Gasteiger partial charge in [-0.15, -0.1) is 0 Å². The van der Waals surface area contributed by atoms with Crippen molar-refractivity contribution in [2.24, 2.45) is 0 Å². The first kappa shape index (κ1) is 23.5. The predicted octanol–water partition coefficient (Wildman–Crippen LogP) is 3.11. The van der Waals surface area contributed by atoms with Crippen molar-refractivity contribution in [2.45, 2.75) is 43.4 Å². The van der Waals surface area contributed by atoms with Gasteiger partial charge in [0.25, 0.3) is 0 Å². The lowest BCUT2D eigenvalue weighted by molar-refractivity contribution is -0.312. The van der Waals surface area contributed by atoms with Gasteiger partial charge >= 0.3 is 31.1 Å². The quantitative estimate of drug-likeness (QED) is 0.588. The van der Waals surface area contributed by atoms with Gasteiger partial charge in [-0.3, -0.25) is 0 Å². The first-order valence-corrected chi connectivity index (χ1v) is 10.6. The summed E-state index contributed by atoms with van der Waals surface area (Å²) < 4.78 is 126. The molecule has 0 N–H and O–H groups in total. The summed E-state index contributed by atoms with van der Waals surface area (Å²) in [5.41, 5.74) is -15.8. The molecule has 166 valence electrons. The van der Waals surface area contributed by atoms with Crippen LogP contribution in [0.15, 0.2) is 24.3 Å². The molecule has 29 heavy (non-hydrogen) atoms. The second-order valence-corrected chi connectivity index (χ2v) is 9.46. The van der Waals surface area contributed by atoms with Crippen LogP contribution < -0.4 is 9.68 Å². The molecule has 1 heterocycles. The van der Waals surface area contributed by atoms with Crippen molar-refractivity contribution in [3.8, 4) is 11.5 Å². The third kappa shape index (κ3) is 3.62. The van der Waals surface area contributed by atoms with Gasteiger partial charge in [0.1, 0.15) is 0 Å². The number of hydrogen-bond acceptors (Lipinski definition) is 7. The average molecular weight is 472 g/mol. The molecule has 0 amide bonds. The largest absolute Gasteiger partial charge is 0.512 e. The van der Waals surface area contributed by atoms with E-state index >= 15 is 0 Å². The molecule has 1 aromatic carbocycles. The summed E-state index contributed by atoms with van der Waals surface area (Å²) in [6.07, 6.45) is -1.77. The monoisotopic (exact) mass is 472 g/mol. The van der Waals surface area contributed by atoms with Crippen LogP contribution in [0.2, 0.25) is 0 Å². The van der Waals surface area contributed by atoms with Gasteiger partial charge in [0.05, 0.1) is 5.23 Å². The second-order valence-electron chi connectivity index (χ2n) is 5.67. The Balaban J connectivity index is 2.79. The van der Waals surface area contributed by atoms with E-state index in [0.717, 1.165) is 13.8 Å². The molecule has 0 unspecified atom stereocenters. The Morgan fingerprint density at radius 3 is 1.45 bits per heavy atom. The van der Waals surface area contributed by atoms with E-state index in [2.05, 4.69) is 0 Å². The average Bonchev–Trinajstić information content (AvgIpc) is 3.01. The van der Waals surface area contributed by atoms with E-state index in [0.29, 0.717) is 0 Å². The van der Waals surface area contributed by atoms with Crippen LogP contribution in [0.4, 0.5) is 26.3 Å². The summed E-state index contributed by atoms with van der Waals surface area (Å²) >= 11 is 0. The lowest BCUT2D eigenvalue weighted by atomic mass is 10.1. The van der Waals surface area contributed by atoms with Crippen LogP contribution >= 0.6 is 0 Å². The molecule has 1 aliphatic heterocycles. The zero-order chi connectivity index (χ0) is 22.5. The minimum Gasteiger partial charge on any atom is -0.365 e. The summed E-state index contributed by atoms with van der Waals surface area (Å²) in [6, 6.07) is 5.24. The number of hydrogen-bond donors (Lipinski definition) is 0. The number of sulfonamides is 2. The number of rotatable bonds is 6. The Kier molecular flexibility index (Phi) is 5.81. The predicted molar refractivity (Wildman–Crippen MR) is 84.6 cm³/mol. The number of halogens is 6. The SMILES string of the molecule is CCC(CC)(N1Oc2ccccc2O1)N(S(=O)(=O)C(F)(F)F)S(=O)(=O)C(F)(F)F. The summed E-state index contributed by atoms with van der Waals surface area (Å²) in [5.74, 6) is -0.347. The molecule has 0 aliphatic carbocycles. The van der Waals surface area contributed by atoms with Crippen LogP contribution in [0.5, 0.6) is 11.5 Å². The fourth-order valence-electron chi connectivity index (χ4n) is 2.57. The molecule has 2 rings (SSSR count). The Labute approximate surface area is 161 Å². The molecule has 0 saturated carbocycles. The number of fused-ring (bicyclic) bond motifs is 1. The van der Waals surface area contributed by atoms with E-state index in [-0.39, 0.29) is 16.7 Å². The van der Waals surface area contributed by atoms with Crippen LogP contribution in [0, 0.1) is 0 Å². The van der Waals surface area contributed by atoms with Crippen LogP contribution in [0.1, 0.15) is 26.7 Å². The highest BCUT2D eigenvalue weighted by atomic mass is 32.3. The van der Waals surface area contributed by atoms with Crippen molar-refractivity contribution in [3.05, 3.63) is 24.3 Å². The zero-order valence-electron chi connectivity index (χ0n) is 14.7. The lowest BCUT2D eigenvalue weighted by Gasteiger charge is -2.42. The van der Waals surface area contributed by atoms with E-state index in [1.54, 1.807) is 0 Å². The van der Waals surface area contributed by atoms with E-state index in [1.807, 2.05) is 0 Å². The number of alkyl halides is 6. The smallest absolute Gasteiger partial charge is 0.365 e. The molecule has 0 radical (unpaired) electrons. The fourth-order valence-corrected chi connectivity index (χ4v) is 6.03. The van der Waals surface area contributed by atoms with Gasteiger partial charge in [-0.05, 0) is 25.0 Å². The molecule has 0 fully saturated rings. The third-order valence-corrected chi connectivity index (χ3v) is 7.95. The number of hydroxylamine groups is 2. The number of para-hydroxylation sites is 2. The van der Waals surface area contributed by atoms with Gasteiger partial charge in [-0.25, -0.2) is 16.8 Å². The molecule has 0 saturated heterocycles. The summed E-state index contributed by atoms with van der Waals surface area (Å²) in [7, 11) is -14.1. The van der Waals surface area contributed by atoms with Crippen molar-refractivity contribution >= 4 is 20.0 Å². The van der Waals surface area contributed by atoms with Crippen LogP contribution in [0.25, 0.3) is 0 Å². The van der Waals surface area contributed by atoms with Gasteiger partial charge < -0.3 is 9.68 Å². The lowest BCUT2D eigenvalue weighted by Crippen LogP contribution is -2.67. The van der Waals surface area contributed by atoms with Gasteiger partial charge in [0, 0.05) is 0 Å². The maximum Gasteiger partial charge on any atom is 0.512 e. The maximum absolute atomic E-state index is 13.2. The molecule has 1 aliphatic rings. The molecular formula is C13H14F6N2O6S2. The van der Waals surface area contributed by atoms with E-state index in [9.17, 15) is 43.2 Å². The van der Waals surface area contributed by atoms with E-state index < -0.39 is 53.3 Å². The van der Waals surface area contributed by atoms with Crippen LogP contribution in [-0.4, -0.2) is 42.5 Å². The Hall–Kier alpha value is -1.78. The Bertz CT molecular complexity index is 903. The van der Waals surface area contributed by atoms with Crippen molar-refractivity contribution in [2.75, 3.05) is 0 Å². The standard InChI is InChI=1S/C13H14F6N2O6S2/c1-3-11(4-2,20-26-9-7-5-6-8-10(9)27-20)21(28(22,23)12(14,15)16)29(24,25)13(17,18)19/h5-8H,3-4H2,1-2H3. The normalized spacial score (nSPS) is 16.4. The van der Waals surface area contributed by atoms with Crippen LogP contribution in [-0.2, 0) is 20.0 Å². The van der Waals surface area contributed by atoms with Crippen molar-refractivity contribution in [3.63, 3.8) is 0 Å². The van der Waals surface area contributed by atoms with Gasteiger partial charge in [0.2, 0.25) is 0 Å².